The molecule has 0 aliphatic rings. The maximum absolute atomic E-state index is 6.48. The first-order valence-electron chi connectivity index (χ1n) is 14.6. The minimum atomic E-state index is -0.0771. The molecule has 7 aromatic carbocycles. The largest absolute Gasteiger partial charge is 0.457 e. The van der Waals surface area contributed by atoms with Crippen molar-refractivity contribution in [1.29, 1.82) is 0 Å². The van der Waals surface area contributed by atoms with Crippen molar-refractivity contribution in [1.82, 2.24) is 0 Å². The van der Waals surface area contributed by atoms with Gasteiger partial charge in [0.2, 0.25) is 0 Å². The van der Waals surface area contributed by atoms with Crippen molar-refractivity contribution in [3.8, 4) is 11.5 Å². The van der Waals surface area contributed by atoms with Crippen molar-refractivity contribution in [2.45, 2.75) is 26.2 Å². The van der Waals surface area contributed by atoms with E-state index >= 15 is 0 Å². The van der Waals surface area contributed by atoms with E-state index in [0.717, 1.165) is 33.0 Å². The lowest BCUT2D eigenvalue weighted by Crippen LogP contribution is -2.15. The average Bonchev–Trinajstić information content (AvgIpc) is 3.01. The zero-order valence-corrected chi connectivity index (χ0v) is 26.1. The fourth-order valence-corrected chi connectivity index (χ4v) is 6.31. The molecule has 0 amide bonds. The second-order valence-corrected chi connectivity index (χ2v) is 12.9. The second-order valence-electron chi connectivity index (χ2n) is 12.0. The zero-order valence-electron chi connectivity index (χ0n) is 24.5. The highest BCUT2D eigenvalue weighted by atomic mass is 79.9. The minimum absolute atomic E-state index is 0.0771. The molecule has 0 saturated heterocycles. The molecule has 0 N–H and O–H groups in total. The lowest BCUT2D eigenvalue weighted by molar-refractivity contribution is 0.478. The molecule has 0 saturated carbocycles. The van der Waals surface area contributed by atoms with Gasteiger partial charge in [0.1, 0.15) is 11.5 Å². The number of hydrogen-bond donors (Lipinski definition) is 0. The van der Waals surface area contributed by atoms with E-state index in [2.05, 4.69) is 157 Å². The van der Waals surface area contributed by atoms with Crippen LogP contribution in [0.2, 0.25) is 0 Å². The lowest BCUT2D eigenvalue weighted by Gasteiger charge is -2.29. The smallest absolute Gasteiger partial charge is 0.129 e. The van der Waals surface area contributed by atoms with Crippen molar-refractivity contribution in [3.05, 3.63) is 150 Å². The van der Waals surface area contributed by atoms with Crippen molar-refractivity contribution < 1.29 is 4.74 Å². The molecule has 0 aromatic heterocycles. The molecule has 43 heavy (non-hydrogen) atoms. The van der Waals surface area contributed by atoms with E-state index in [1.807, 2.05) is 24.3 Å². The SMILES string of the molecule is CC(C)(C)c1cc(Oc2cccc(Br)c2)cc(N(c2ccccc2)c2ccc3c4ccccc4c4ccccc4c3c2)c1. The molecule has 7 aromatic rings. The molecule has 210 valence electrons. The topological polar surface area (TPSA) is 12.5 Å². The van der Waals surface area contributed by atoms with Crippen LogP contribution in [0.5, 0.6) is 11.5 Å². The Labute approximate surface area is 261 Å². The maximum Gasteiger partial charge on any atom is 0.129 e. The summed E-state index contributed by atoms with van der Waals surface area (Å²) in [4.78, 5) is 2.34. The van der Waals surface area contributed by atoms with Crippen LogP contribution in [-0.2, 0) is 5.41 Å². The van der Waals surface area contributed by atoms with Crippen LogP contribution in [0.3, 0.4) is 0 Å². The second kappa shape index (κ2) is 10.9. The molecule has 7 rings (SSSR count). The van der Waals surface area contributed by atoms with E-state index in [-0.39, 0.29) is 5.41 Å². The highest BCUT2D eigenvalue weighted by Gasteiger charge is 2.21. The summed E-state index contributed by atoms with van der Waals surface area (Å²) in [5, 5.41) is 7.58. The number of anilines is 3. The predicted octanol–water partition coefficient (Wildman–Crippen LogP) is 12.5. The summed E-state index contributed by atoms with van der Waals surface area (Å²) in [5.41, 5.74) is 4.36. The number of nitrogens with zero attached hydrogens (tertiary/aromatic N) is 1. The third-order valence-corrected chi connectivity index (χ3v) is 8.54. The van der Waals surface area contributed by atoms with E-state index in [0.29, 0.717) is 0 Å². The number of ether oxygens (including phenoxy) is 1. The highest BCUT2D eigenvalue weighted by molar-refractivity contribution is 9.10. The lowest BCUT2D eigenvalue weighted by atomic mass is 9.86. The summed E-state index contributed by atoms with van der Waals surface area (Å²) in [7, 11) is 0. The molecular formula is C40H32BrNO. The summed E-state index contributed by atoms with van der Waals surface area (Å²) < 4.78 is 7.46. The van der Waals surface area contributed by atoms with Crippen LogP contribution >= 0.6 is 15.9 Å². The molecule has 0 radical (unpaired) electrons. The minimum Gasteiger partial charge on any atom is -0.457 e. The van der Waals surface area contributed by atoms with Crippen molar-refractivity contribution >= 4 is 65.3 Å². The zero-order chi connectivity index (χ0) is 29.6. The molecule has 2 nitrogen and oxygen atoms in total. The fraction of sp³-hybridized carbons (Fsp3) is 0.100. The first-order chi connectivity index (χ1) is 20.8. The van der Waals surface area contributed by atoms with Crippen LogP contribution < -0.4 is 9.64 Å². The van der Waals surface area contributed by atoms with Gasteiger partial charge in [0.25, 0.3) is 0 Å². The van der Waals surface area contributed by atoms with Crippen LogP contribution in [0.25, 0.3) is 32.3 Å². The Morgan fingerprint density at radius 2 is 1.07 bits per heavy atom. The Morgan fingerprint density at radius 3 is 1.70 bits per heavy atom. The number of halogens is 1. The quantitative estimate of drug-likeness (QED) is 0.177. The molecule has 0 heterocycles. The molecule has 3 heteroatoms. The van der Waals surface area contributed by atoms with E-state index < -0.39 is 0 Å². The number of para-hydroxylation sites is 1. The summed E-state index contributed by atoms with van der Waals surface area (Å²) in [5.74, 6) is 1.60. The van der Waals surface area contributed by atoms with Crippen molar-refractivity contribution in [3.63, 3.8) is 0 Å². The number of hydrogen-bond acceptors (Lipinski definition) is 2. The van der Waals surface area contributed by atoms with Gasteiger partial charge in [-0.3, -0.25) is 0 Å². The summed E-state index contributed by atoms with van der Waals surface area (Å²) in [6, 6.07) is 49.5. The van der Waals surface area contributed by atoms with Gasteiger partial charge in [-0.2, -0.15) is 0 Å². The van der Waals surface area contributed by atoms with Gasteiger partial charge in [-0.25, -0.2) is 0 Å². The number of benzene rings is 7. The Balaban J connectivity index is 1.47. The third kappa shape index (κ3) is 5.26. The standard InChI is InChI=1S/C40H32BrNO/c1-40(2,3)27-22-31(25-33(23-27)43-32-15-11-12-28(41)24-32)42(29-13-5-4-6-14-29)30-20-21-38-36-18-8-7-16-34(36)35-17-9-10-19-37(35)39(38)26-30/h4-26H,1-3H3. The number of fused-ring (bicyclic) bond motifs is 6. The first kappa shape index (κ1) is 27.2. The van der Waals surface area contributed by atoms with Crippen LogP contribution in [0.15, 0.2) is 144 Å². The molecule has 0 spiro atoms. The molecule has 0 aliphatic heterocycles. The fourth-order valence-electron chi connectivity index (χ4n) is 5.93. The Morgan fingerprint density at radius 1 is 0.465 bits per heavy atom. The van der Waals surface area contributed by atoms with Crippen LogP contribution in [0.4, 0.5) is 17.1 Å². The van der Waals surface area contributed by atoms with E-state index in [4.69, 9.17) is 4.74 Å². The summed E-state index contributed by atoms with van der Waals surface area (Å²) in [6.07, 6.45) is 0. The van der Waals surface area contributed by atoms with Crippen molar-refractivity contribution in [2.24, 2.45) is 0 Å². The first-order valence-corrected chi connectivity index (χ1v) is 15.4. The highest BCUT2D eigenvalue weighted by Crippen LogP contribution is 2.43. The summed E-state index contributed by atoms with van der Waals surface area (Å²) >= 11 is 3.58. The molecule has 0 fully saturated rings. The van der Waals surface area contributed by atoms with E-state index in [1.165, 1.54) is 37.9 Å². The van der Waals surface area contributed by atoms with Crippen LogP contribution in [-0.4, -0.2) is 0 Å². The molecule has 0 bridgehead atoms. The van der Waals surface area contributed by atoms with Crippen LogP contribution in [0.1, 0.15) is 26.3 Å². The van der Waals surface area contributed by atoms with Gasteiger partial charge in [0, 0.05) is 21.9 Å². The van der Waals surface area contributed by atoms with Gasteiger partial charge in [0.15, 0.2) is 0 Å². The monoisotopic (exact) mass is 621 g/mol. The van der Waals surface area contributed by atoms with Crippen molar-refractivity contribution in [2.75, 3.05) is 4.90 Å². The van der Waals surface area contributed by atoms with E-state index in [1.54, 1.807) is 0 Å². The normalized spacial score (nSPS) is 11.7. The van der Waals surface area contributed by atoms with Gasteiger partial charge < -0.3 is 9.64 Å². The Hall–Kier alpha value is -4.60. The summed E-state index contributed by atoms with van der Waals surface area (Å²) in [6.45, 7) is 6.74. The van der Waals surface area contributed by atoms with Gasteiger partial charge in [-0.15, -0.1) is 0 Å². The predicted molar refractivity (Wildman–Crippen MR) is 187 cm³/mol. The van der Waals surface area contributed by atoms with Crippen LogP contribution in [0, 0.1) is 0 Å². The van der Waals surface area contributed by atoms with Gasteiger partial charge >= 0.3 is 0 Å². The molecule has 0 unspecified atom stereocenters. The van der Waals surface area contributed by atoms with Gasteiger partial charge in [-0.1, -0.05) is 116 Å². The Kier molecular flexibility index (Phi) is 6.91. The van der Waals surface area contributed by atoms with Gasteiger partial charge in [0.05, 0.1) is 5.69 Å². The van der Waals surface area contributed by atoms with Gasteiger partial charge in [-0.05, 0) is 97.9 Å². The molecule has 0 atom stereocenters. The molecular weight excluding hydrogens is 590 g/mol. The third-order valence-electron chi connectivity index (χ3n) is 8.05. The Bertz CT molecular complexity index is 2080. The molecule has 0 aliphatic carbocycles. The number of rotatable bonds is 5. The average molecular weight is 623 g/mol. The van der Waals surface area contributed by atoms with E-state index in [9.17, 15) is 0 Å². The maximum atomic E-state index is 6.48.